The van der Waals surface area contributed by atoms with Gasteiger partial charge in [-0.2, -0.15) is 0 Å². The summed E-state index contributed by atoms with van der Waals surface area (Å²) < 4.78 is 2.52. The summed E-state index contributed by atoms with van der Waals surface area (Å²) in [5.74, 6) is 0.405. The molecule has 56 heavy (non-hydrogen) atoms. The normalized spacial score (nSPS) is 14.0. The summed E-state index contributed by atoms with van der Waals surface area (Å²) in [5, 5.41) is 10.2. The summed E-state index contributed by atoms with van der Waals surface area (Å²) in [4.78, 5) is 2.38. The molecule has 2 heteroatoms. The van der Waals surface area contributed by atoms with E-state index in [-0.39, 0.29) is 0 Å². The molecule has 1 aliphatic rings. The fourth-order valence-corrected chi connectivity index (χ4v) is 9.03. The second-order valence-electron chi connectivity index (χ2n) is 14.8. The third kappa shape index (κ3) is 5.26. The molecule has 1 atom stereocenters. The van der Waals surface area contributed by atoms with Gasteiger partial charge < -0.3 is 9.47 Å². The summed E-state index contributed by atoms with van der Waals surface area (Å²) >= 11 is 0. The molecule has 0 saturated heterocycles. The minimum absolute atomic E-state index is 0.405. The first kappa shape index (κ1) is 32.3. The lowest BCUT2D eigenvalue weighted by Gasteiger charge is -2.27. The van der Waals surface area contributed by atoms with Crippen LogP contribution in [0.2, 0.25) is 0 Å². The summed E-state index contributed by atoms with van der Waals surface area (Å²) in [7, 11) is 0. The van der Waals surface area contributed by atoms with Gasteiger partial charge in [-0.15, -0.1) is 0 Å². The minimum Gasteiger partial charge on any atom is -0.311 e. The molecule has 0 spiro atoms. The van der Waals surface area contributed by atoms with E-state index in [0.717, 1.165) is 29.2 Å². The molecule has 1 heterocycles. The molecule has 0 bridgehead atoms. The monoisotopic (exact) mass is 714 g/mol. The molecule has 0 radical (unpaired) electrons. The second kappa shape index (κ2) is 13.3. The van der Waals surface area contributed by atoms with Gasteiger partial charge in [-0.25, -0.2) is 0 Å². The van der Waals surface area contributed by atoms with Crippen molar-refractivity contribution in [3.63, 3.8) is 0 Å². The van der Waals surface area contributed by atoms with E-state index < -0.39 is 0 Å². The van der Waals surface area contributed by atoms with Crippen LogP contribution in [0.5, 0.6) is 0 Å². The molecule has 9 aromatic carbocycles. The Morgan fingerprint density at radius 3 is 1.68 bits per heavy atom. The average molecular weight is 715 g/mol. The number of hydrogen-bond acceptors (Lipinski definition) is 1. The van der Waals surface area contributed by atoms with Crippen molar-refractivity contribution < 1.29 is 0 Å². The van der Waals surface area contributed by atoms with E-state index in [4.69, 9.17) is 0 Å². The zero-order valence-corrected chi connectivity index (χ0v) is 30.9. The largest absolute Gasteiger partial charge is 0.311 e. The van der Waals surface area contributed by atoms with E-state index in [2.05, 4.69) is 222 Å². The highest BCUT2D eigenvalue weighted by molar-refractivity contribution is 6.34. The molecular weight excluding hydrogens is 677 g/mol. The van der Waals surface area contributed by atoms with E-state index in [0.29, 0.717) is 5.92 Å². The van der Waals surface area contributed by atoms with Crippen LogP contribution in [0.3, 0.4) is 0 Å². The van der Waals surface area contributed by atoms with Gasteiger partial charge in [-0.05, 0) is 93.2 Å². The zero-order valence-electron chi connectivity index (χ0n) is 30.9. The molecule has 11 rings (SSSR count). The minimum atomic E-state index is 0.405. The number of fused-ring (bicyclic) bond motifs is 10. The molecule has 264 valence electrons. The van der Waals surface area contributed by atoms with Crippen LogP contribution < -0.4 is 4.90 Å². The van der Waals surface area contributed by atoms with Gasteiger partial charge in [0.05, 0.1) is 11.0 Å². The van der Waals surface area contributed by atoms with Gasteiger partial charge in [0.1, 0.15) is 0 Å². The SMILES string of the molecule is C1=CCC(c2ccc(N(c3ccc(-c4ccccc4)cc3)c3ccc(-n4c5c6ccccc6ccc5c5c6ccccc6c6ccccc6c54)cc3)cc2)C=C1. The van der Waals surface area contributed by atoms with E-state index in [9.17, 15) is 0 Å². The maximum Gasteiger partial charge on any atom is 0.0626 e. The Bertz CT molecular complexity index is 3130. The topological polar surface area (TPSA) is 8.17 Å². The van der Waals surface area contributed by atoms with Gasteiger partial charge in [0.25, 0.3) is 0 Å². The molecule has 0 aliphatic heterocycles. The fraction of sp³-hybridized carbons (Fsp3) is 0.0370. The van der Waals surface area contributed by atoms with Crippen molar-refractivity contribution >= 4 is 71.2 Å². The highest BCUT2D eigenvalue weighted by Crippen LogP contribution is 2.45. The van der Waals surface area contributed by atoms with Crippen LogP contribution >= 0.6 is 0 Å². The molecule has 1 aliphatic carbocycles. The molecule has 1 unspecified atom stereocenters. The molecule has 0 N–H and O–H groups in total. The summed E-state index contributed by atoms with van der Waals surface area (Å²) in [6.45, 7) is 0. The van der Waals surface area contributed by atoms with Crippen molar-refractivity contribution in [2.24, 2.45) is 0 Å². The Kier molecular flexibility index (Phi) is 7.67. The maximum absolute atomic E-state index is 2.52. The Morgan fingerprint density at radius 1 is 0.411 bits per heavy atom. The third-order valence-corrected chi connectivity index (χ3v) is 11.7. The molecule has 0 fully saturated rings. The standard InChI is InChI=1S/C54H38N2/c1-3-13-37(14-4-1)39-23-28-42(29-24-39)55(43-30-25-40(26-31-43)38-15-5-2-6-16-38)44-32-34-45(35-33-44)56-53-46-18-8-7-17-41(46)27-36-51(53)52-49-21-11-9-19-47(49)48-20-10-12-22-50(48)54(52)56/h1-15,17-36,38H,16H2. The van der Waals surface area contributed by atoms with Crippen molar-refractivity contribution in [3.05, 3.63) is 218 Å². The van der Waals surface area contributed by atoms with E-state index in [1.165, 1.54) is 70.8 Å². The molecule has 2 nitrogen and oxygen atoms in total. The predicted octanol–water partition coefficient (Wildman–Crippen LogP) is 15.0. The number of nitrogens with zero attached hydrogens (tertiary/aromatic N) is 2. The highest BCUT2D eigenvalue weighted by Gasteiger charge is 2.21. The van der Waals surface area contributed by atoms with Gasteiger partial charge >= 0.3 is 0 Å². The lowest BCUT2D eigenvalue weighted by Crippen LogP contribution is -2.10. The molecular formula is C54H38N2. The predicted molar refractivity (Wildman–Crippen MR) is 239 cm³/mol. The zero-order chi connectivity index (χ0) is 37.0. The Hall–Kier alpha value is -7.16. The first-order chi connectivity index (χ1) is 27.8. The van der Waals surface area contributed by atoms with Crippen LogP contribution in [-0.2, 0) is 0 Å². The van der Waals surface area contributed by atoms with Crippen LogP contribution in [-0.4, -0.2) is 4.57 Å². The number of allylic oxidation sites excluding steroid dienone is 4. The maximum atomic E-state index is 2.52. The van der Waals surface area contributed by atoms with Gasteiger partial charge in [0.15, 0.2) is 0 Å². The first-order valence-electron chi connectivity index (χ1n) is 19.5. The van der Waals surface area contributed by atoms with Crippen molar-refractivity contribution in [1.82, 2.24) is 4.57 Å². The lowest BCUT2D eigenvalue weighted by atomic mass is 9.92. The number of rotatable bonds is 6. The van der Waals surface area contributed by atoms with E-state index >= 15 is 0 Å². The summed E-state index contributed by atoms with van der Waals surface area (Å²) in [6.07, 6.45) is 9.89. The fourth-order valence-electron chi connectivity index (χ4n) is 9.03. The van der Waals surface area contributed by atoms with Crippen molar-refractivity contribution in [3.8, 4) is 16.8 Å². The quantitative estimate of drug-likeness (QED) is 0.156. The molecule has 0 amide bonds. The van der Waals surface area contributed by atoms with Crippen molar-refractivity contribution in [2.75, 3.05) is 4.90 Å². The molecule has 0 saturated carbocycles. The van der Waals surface area contributed by atoms with Crippen molar-refractivity contribution in [2.45, 2.75) is 12.3 Å². The third-order valence-electron chi connectivity index (χ3n) is 11.7. The van der Waals surface area contributed by atoms with Gasteiger partial charge in [-0.1, -0.05) is 164 Å². The van der Waals surface area contributed by atoms with Crippen LogP contribution in [0.4, 0.5) is 17.1 Å². The van der Waals surface area contributed by atoms with Gasteiger partial charge in [0.2, 0.25) is 0 Å². The Morgan fingerprint density at radius 2 is 0.982 bits per heavy atom. The smallest absolute Gasteiger partial charge is 0.0626 e. The Labute approximate surface area is 326 Å². The lowest BCUT2D eigenvalue weighted by molar-refractivity contribution is 0.854. The molecule has 1 aromatic heterocycles. The van der Waals surface area contributed by atoms with Gasteiger partial charge in [0, 0.05) is 50.2 Å². The number of hydrogen-bond donors (Lipinski definition) is 0. The summed E-state index contributed by atoms with van der Waals surface area (Å²) in [6, 6.07) is 69.1. The number of aromatic nitrogens is 1. The van der Waals surface area contributed by atoms with Crippen LogP contribution in [0.15, 0.2) is 212 Å². The van der Waals surface area contributed by atoms with E-state index in [1.807, 2.05) is 0 Å². The van der Waals surface area contributed by atoms with Gasteiger partial charge in [-0.3, -0.25) is 0 Å². The highest BCUT2D eigenvalue weighted by atomic mass is 15.1. The second-order valence-corrected chi connectivity index (χ2v) is 14.8. The van der Waals surface area contributed by atoms with Crippen LogP contribution in [0.1, 0.15) is 17.9 Å². The molecule has 10 aromatic rings. The van der Waals surface area contributed by atoms with Crippen molar-refractivity contribution in [1.29, 1.82) is 0 Å². The average Bonchev–Trinajstić information content (AvgIpc) is 3.64. The van der Waals surface area contributed by atoms with Crippen LogP contribution in [0.25, 0.3) is 70.9 Å². The Balaban J connectivity index is 1.11. The van der Waals surface area contributed by atoms with E-state index in [1.54, 1.807) is 0 Å². The number of anilines is 3. The summed E-state index contributed by atoms with van der Waals surface area (Å²) in [5.41, 5.74) is 10.7. The first-order valence-corrected chi connectivity index (χ1v) is 19.5. The van der Waals surface area contributed by atoms with Crippen LogP contribution in [0, 0.1) is 0 Å². The number of benzene rings is 9.